The first-order chi connectivity index (χ1) is 15.0. The summed E-state index contributed by atoms with van der Waals surface area (Å²) in [5, 5.41) is 5.50. The molecule has 0 radical (unpaired) electrons. The molecule has 0 fully saturated rings. The largest absolute Gasteiger partial charge is 0.492 e. The van der Waals surface area contributed by atoms with Gasteiger partial charge in [-0.3, -0.25) is 14.6 Å². The number of aromatic nitrogens is 1. The fraction of sp³-hybridized carbons (Fsp3) is 0.174. The number of benzene rings is 2. The van der Waals surface area contributed by atoms with Crippen molar-refractivity contribution in [2.45, 2.75) is 13.8 Å². The van der Waals surface area contributed by atoms with Gasteiger partial charge in [-0.05, 0) is 44.2 Å². The van der Waals surface area contributed by atoms with E-state index < -0.39 is 11.7 Å². The Hall–Kier alpha value is -3.94. The number of anilines is 2. The summed E-state index contributed by atoms with van der Waals surface area (Å²) in [6.45, 7) is 4.25. The molecule has 31 heavy (non-hydrogen) atoms. The lowest BCUT2D eigenvalue weighted by atomic mass is 10.1. The predicted molar refractivity (Wildman–Crippen MR) is 115 cm³/mol. The number of hydrogen-bond donors (Lipinski definition) is 2. The lowest BCUT2D eigenvalue weighted by molar-refractivity contribution is 0.101. The van der Waals surface area contributed by atoms with Crippen molar-refractivity contribution in [3.8, 4) is 11.5 Å². The number of carbonyl (C=O) groups excluding carboxylic acids is 2. The number of hydrogen-bond acceptors (Lipinski definition) is 5. The summed E-state index contributed by atoms with van der Waals surface area (Å²) in [6, 6.07) is 11.8. The lowest BCUT2D eigenvalue weighted by Gasteiger charge is -2.18. The van der Waals surface area contributed by atoms with Gasteiger partial charge in [-0.2, -0.15) is 0 Å². The Morgan fingerprint density at radius 1 is 0.871 bits per heavy atom. The van der Waals surface area contributed by atoms with Gasteiger partial charge in [-0.1, -0.05) is 6.07 Å². The van der Waals surface area contributed by atoms with E-state index in [0.29, 0.717) is 41.7 Å². The summed E-state index contributed by atoms with van der Waals surface area (Å²) in [6.07, 6.45) is 3.03. The number of halogens is 1. The van der Waals surface area contributed by atoms with Gasteiger partial charge in [-0.15, -0.1) is 0 Å². The maximum Gasteiger partial charge on any atom is 0.257 e. The molecule has 2 amide bonds. The molecule has 0 aliphatic carbocycles. The molecule has 0 spiro atoms. The molecule has 1 aromatic heterocycles. The van der Waals surface area contributed by atoms with Crippen molar-refractivity contribution < 1.29 is 23.5 Å². The van der Waals surface area contributed by atoms with Crippen LogP contribution in [0.25, 0.3) is 0 Å². The van der Waals surface area contributed by atoms with Gasteiger partial charge < -0.3 is 20.1 Å². The molecule has 1 heterocycles. The summed E-state index contributed by atoms with van der Waals surface area (Å²) >= 11 is 0. The van der Waals surface area contributed by atoms with Gasteiger partial charge in [0.15, 0.2) is 0 Å². The number of rotatable bonds is 8. The third-order valence-corrected chi connectivity index (χ3v) is 4.19. The second-order valence-electron chi connectivity index (χ2n) is 6.37. The molecule has 2 aromatic carbocycles. The van der Waals surface area contributed by atoms with Gasteiger partial charge in [0.05, 0.1) is 30.2 Å². The van der Waals surface area contributed by atoms with E-state index in [1.165, 1.54) is 24.4 Å². The maximum absolute atomic E-state index is 13.5. The monoisotopic (exact) mass is 423 g/mol. The highest BCUT2D eigenvalue weighted by atomic mass is 19.1. The van der Waals surface area contributed by atoms with E-state index in [9.17, 15) is 14.0 Å². The number of nitrogens with zero attached hydrogens (tertiary/aromatic N) is 1. The highest BCUT2D eigenvalue weighted by Gasteiger charge is 2.18. The Kier molecular flexibility index (Phi) is 7.16. The lowest BCUT2D eigenvalue weighted by Crippen LogP contribution is -2.16. The zero-order chi connectivity index (χ0) is 22.2. The van der Waals surface area contributed by atoms with Crippen LogP contribution in [0.4, 0.5) is 15.8 Å². The normalized spacial score (nSPS) is 10.3. The molecule has 8 heteroatoms. The van der Waals surface area contributed by atoms with Gasteiger partial charge in [0.2, 0.25) is 0 Å². The highest BCUT2D eigenvalue weighted by molar-refractivity contribution is 6.07. The second kappa shape index (κ2) is 10.2. The first-order valence-corrected chi connectivity index (χ1v) is 9.73. The smallest absolute Gasteiger partial charge is 0.257 e. The van der Waals surface area contributed by atoms with Crippen molar-refractivity contribution in [3.05, 3.63) is 77.9 Å². The van der Waals surface area contributed by atoms with Crippen LogP contribution in [0, 0.1) is 5.82 Å². The molecule has 0 atom stereocenters. The molecule has 2 N–H and O–H groups in total. The molecule has 0 saturated heterocycles. The van der Waals surface area contributed by atoms with Gasteiger partial charge in [-0.25, -0.2) is 4.39 Å². The summed E-state index contributed by atoms with van der Waals surface area (Å²) in [5.41, 5.74) is 1.25. The van der Waals surface area contributed by atoms with Crippen LogP contribution in [-0.4, -0.2) is 30.0 Å². The molecule has 160 valence electrons. The van der Waals surface area contributed by atoms with Crippen molar-refractivity contribution in [2.75, 3.05) is 23.8 Å². The van der Waals surface area contributed by atoms with Crippen LogP contribution in [-0.2, 0) is 0 Å². The van der Waals surface area contributed by atoms with Crippen LogP contribution in [0.1, 0.15) is 34.6 Å². The van der Waals surface area contributed by atoms with Crippen LogP contribution in [0.15, 0.2) is 60.9 Å². The van der Waals surface area contributed by atoms with Crippen molar-refractivity contribution in [3.63, 3.8) is 0 Å². The van der Waals surface area contributed by atoms with Crippen molar-refractivity contribution in [1.82, 2.24) is 4.98 Å². The fourth-order valence-electron chi connectivity index (χ4n) is 2.82. The minimum Gasteiger partial charge on any atom is -0.492 e. The molecule has 0 aliphatic heterocycles. The Bertz CT molecular complexity index is 1070. The molecular formula is C23H22FN3O4. The quantitative estimate of drug-likeness (QED) is 0.556. The Morgan fingerprint density at radius 3 is 1.97 bits per heavy atom. The molecule has 0 aliphatic rings. The Morgan fingerprint density at radius 2 is 1.45 bits per heavy atom. The van der Waals surface area contributed by atoms with Crippen molar-refractivity contribution in [1.29, 1.82) is 0 Å². The summed E-state index contributed by atoms with van der Waals surface area (Å²) in [7, 11) is 0. The summed E-state index contributed by atoms with van der Waals surface area (Å²) in [4.78, 5) is 29.1. The molecule has 7 nitrogen and oxygen atoms in total. The fourth-order valence-corrected chi connectivity index (χ4v) is 2.82. The Balaban J connectivity index is 1.93. The molecule has 0 bridgehead atoms. The SMILES string of the molecule is CCOc1cc(NC(=O)c2cccc(F)c2)c(OCC)cc1NC(=O)c1cccnc1. The van der Waals surface area contributed by atoms with Crippen LogP contribution in [0.2, 0.25) is 0 Å². The van der Waals surface area contributed by atoms with E-state index in [1.807, 2.05) is 0 Å². The highest BCUT2D eigenvalue weighted by Crippen LogP contribution is 2.37. The van der Waals surface area contributed by atoms with Crippen LogP contribution < -0.4 is 20.1 Å². The summed E-state index contributed by atoms with van der Waals surface area (Å²) < 4.78 is 24.8. The maximum atomic E-state index is 13.5. The minimum absolute atomic E-state index is 0.161. The molecule has 0 unspecified atom stereocenters. The van der Waals surface area contributed by atoms with Crippen molar-refractivity contribution in [2.24, 2.45) is 0 Å². The predicted octanol–water partition coefficient (Wildman–Crippen LogP) is 4.52. The van der Waals surface area contributed by atoms with E-state index in [2.05, 4.69) is 15.6 Å². The molecule has 0 saturated carbocycles. The third-order valence-electron chi connectivity index (χ3n) is 4.19. The van der Waals surface area contributed by atoms with Gasteiger partial charge in [0, 0.05) is 30.1 Å². The van der Waals surface area contributed by atoms with E-state index >= 15 is 0 Å². The van der Waals surface area contributed by atoms with E-state index in [-0.39, 0.29) is 11.5 Å². The van der Waals surface area contributed by atoms with Gasteiger partial charge in [0.25, 0.3) is 11.8 Å². The van der Waals surface area contributed by atoms with Gasteiger partial charge >= 0.3 is 0 Å². The first kappa shape index (κ1) is 21.8. The minimum atomic E-state index is -0.513. The standard InChI is InChI=1S/C23H22FN3O4/c1-3-30-20-13-19(27-23(29)16-8-6-10-25-14-16)21(31-4-2)12-18(20)26-22(28)15-7-5-9-17(24)11-15/h5-14H,3-4H2,1-2H3,(H,26,28)(H,27,29). The number of amides is 2. The van der Waals surface area contributed by atoms with E-state index in [1.54, 1.807) is 44.3 Å². The second-order valence-corrected chi connectivity index (χ2v) is 6.37. The Labute approximate surface area is 179 Å². The number of pyridine rings is 1. The topological polar surface area (TPSA) is 89.5 Å². The number of carbonyl (C=O) groups is 2. The van der Waals surface area contributed by atoms with Crippen molar-refractivity contribution >= 4 is 23.2 Å². The zero-order valence-electron chi connectivity index (χ0n) is 17.1. The van der Waals surface area contributed by atoms with Crippen LogP contribution >= 0.6 is 0 Å². The molecular weight excluding hydrogens is 401 g/mol. The average Bonchev–Trinajstić information content (AvgIpc) is 2.77. The van der Waals surface area contributed by atoms with E-state index in [4.69, 9.17) is 9.47 Å². The van der Waals surface area contributed by atoms with Crippen LogP contribution in [0.5, 0.6) is 11.5 Å². The first-order valence-electron chi connectivity index (χ1n) is 9.73. The van der Waals surface area contributed by atoms with E-state index in [0.717, 1.165) is 6.07 Å². The zero-order valence-corrected chi connectivity index (χ0v) is 17.1. The number of ether oxygens (including phenoxy) is 2. The number of nitrogens with one attached hydrogen (secondary N) is 2. The van der Waals surface area contributed by atoms with Gasteiger partial charge in [0.1, 0.15) is 17.3 Å². The summed E-state index contributed by atoms with van der Waals surface area (Å²) in [5.74, 6) is -0.709. The molecule has 3 rings (SSSR count). The van der Waals surface area contributed by atoms with Crippen LogP contribution in [0.3, 0.4) is 0 Å². The third kappa shape index (κ3) is 5.57. The molecule has 3 aromatic rings. The average molecular weight is 423 g/mol.